The molecule has 0 unspecified atom stereocenters. The fraction of sp³-hybridized carbons (Fsp3) is 0.0526. The fourth-order valence-corrected chi connectivity index (χ4v) is 3.29. The quantitative estimate of drug-likeness (QED) is 0.485. The first-order chi connectivity index (χ1) is 13.1. The van der Waals surface area contributed by atoms with Crippen LogP contribution in [0.25, 0.3) is 33.6 Å². The third-order valence-electron chi connectivity index (χ3n) is 4.59. The number of nitrogens with zero attached hydrogens (tertiary/aromatic N) is 6. The maximum atomic E-state index is 14.0. The molecule has 2 aromatic carbocycles. The Bertz CT molecular complexity index is 1380. The van der Waals surface area contributed by atoms with Crippen molar-refractivity contribution in [3.05, 3.63) is 77.2 Å². The van der Waals surface area contributed by atoms with Gasteiger partial charge in [0.25, 0.3) is 5.56 Å². The molecule has 0 N–H and O–H groups in total. The van der Waals surface area contributed by atoms with E-state index in [1.54, 1.807) is 43.8 Å². The molecular weight excluding hydrogens is 347 g/mol. The number of halogens is 1. The van der Waals surface area contributed by atoms with Crippen LogP contribution in [0, 0.1) is 5.82 Å². The maximum Gasteiger partial charge on any atom is 0.261 e. The number of aromatic nitrogens is 6. The van der Waals surface area contributed by atoms with Crippen LogP contribution in [-0.4, -0.2) is 28.9 Å². The average Bonchev–Trinajstić information content (AvgIpc) is 3.33. The van der Waals surface area contributed by atoms with E-state index >= 15 is 0 Å². The molecule has 0 bridgehead atoms. The highest BCUT2D eigenvalue weighted by Gasteiger charge is 2.18. The predicted molar refractivity (Wildman–Crippen MR) is 98.3 cm³/mol. The number of para-hydroxylation sites is 2. The van der Waals surface area contributed by atoms with E-state index < -0.39 is 5.82 Å². The highest BCUT2D eigenvalue weighted by Crippen LogP contribution is 2.24. The SMILES string of the molecule is Cn1c(=O)c2ccccc2n2cnc(-c3cn(-c4ccccc4F)nn3)c12. The molecule has 8 heteroatoms. The van der Waals surface area contributed by atoms with Gasteiger partial charge < -0.3 is 0 Å². The molecule has 3 aromatic heterocycles. The van der Waals surface area contributed by atoms with Crippen LogP contribution in [0.5, 0.6) is 0 Å². The van der Waals surface area contributed by atoms with E-state index in [0.29, 0.717) is 28.1 Å². The molecule has 0 aliphatic rings. The number of rotatable bonds is 2. The molecule has 0 saturated carbocycles. The molecule has 5 aromatic rings. The second-order valence-corrected chi connectivity index (χ2v) is 6.17. The molecule has 0 aliphatic heterocycles. The lowest BCUT2D eigenvalue weighted by Crippen LogP contribution is -2.19. The van der Waals surface area contributed by atoms with Crippen LogP contribution >= 0.6 is 0 Å². The van der Waals surface area contributed by atoms with Crippen LogP contribution in [0.2, 0.25) is 0 Å². The second-order valence-electron chi connectivity index (χ2n) is 6.17. The molecule has 0 amide bonds. The minimum atomic E-state index is -0.401. The molecular formula is C19H13FN6O. The first-order valence-corrected chi connectivity index (χ1v) is 8.27. The summed E-state index contributed by atoms with van der Waals surface area (Å²) in [6.45, 7) is 0. The van der Waals surface area contributed by atoms with Crippen molar-refractivity contribution in [2.24, 2.45) is 7.05 Å². The Morgan fingerprint density at radius 2 is 1.81 bits per heavy atom. The van der Waals surface area contributed by atoms with E-state index in [9.17, 15) is 9.18 Å². The maximum absolute atomic E-state index is 14.0. The molecule has 0 radical (unpaired) electrons. The van der Waals surface area contributed by atoms with E-state index in [0.717, 1.165) is 5.52 Å². The summed E-state index contributed by atoms with van der Waals surface area (Å²) in [5.41, 5.74) is 2.48. The summed E-state index contributed by atoms with van der Waals surface area (Å²) in [6.07, 6.45) is 3.25. The highest BCUT2D eigenvalue weighted by atomic mass is 19.1. The first kappa shape index (κ1) is 15.4. The smallest absolute Gasteiger partial charge is 0.261 e. The number of hydrogen-bond donors (Lipinski definition) is 0. The summed E-state index contributed by atoms with van der Waals surface area (Å²) in [4.78, 5) is 17.2. The summed E-state index contributed by atoms with van der Waals surface area (Å²) in [6, 6.07) is 13.7. The minimum absolute atomic E-state index is 0.124. The van der Waals surface area contributed by atoms with Crippen molar-refractivity contribution in [1.82, 2.24) is 28.9 Å². The summed E-state index contributed by atoms with van der Waals surface area (Å²) in [5.74, 6) is -0.401. The van der Waals surface area contributed by atoms with Gasteiger partial charge in [-0.15, -0.1) is 5.10 Å². The highest BCUT2D eigenvalue weighted by molar-refractivity contribution is 5.84. The van der Waals surface area contributed by atoms with E-state index in [-0.39, 0.29) is 5.56 Å². The Hall–Kier alpha value is -3.81. The van der Waals surface area contributed by atoms with Gasteiger partial charge in [0, 0.05) is 7.05 Å². The van der Waals surface area contributed by atoms with Crippen LogP contribution in [-0.2, 0) is 7.05 Å². The fourth-order valence-electron chi connectivity index (χ4n) is 3.29. The van der Waals surface area contributed by atoms with Gasteiger partial charge in [-0.2, -0.15) is 0 Å². The lowest BCUT2D eigenvalue weighted by Gasteiger charge is -2.07. The van der Waals surface area contributed by atoms with Crippen LogP contribution in [0.1, 0.15) is 0 Å². The molecule has 0 atom stereocenters. The van der Waals surface area contributed by atoms with Crippen molar-refractivity contribution < 1.29 is 4.39 Å². The van der Waals surface area contributed by atoms with Gasteiger partial charge in [0.15, 0.2) is 0 Å². The Balaban J connectivity index is 1.76. The lowest BCUT2D eigenvalue weighted by atomic mass is 10.2. The molecule has 0 fully saturated rings. The standard InChI is InChI=1S/C19H13FN6O/c1-24-18-17(14-10-26(23-22-14)16-9-5-3-7-13(16)20)21-11-25(18)15-8-4-2-6-12(15)19(24)27/h2-11H,1H3. The molecule has 0 saturated heterocycles. The molecule has 0 aliphatic carbocycles. The summed E-state index contributed by atoms with van der Waals surface area (Å²) in [7, 11) is 1.69. The van der Waals surface area contributed by atoms with Crippen molar-refractivity contribution in [2.45, 2.75) is 0 Å². The number of imidazole rings is 1. The molecule has 3 heterocycles. The number of benzene rings is 2. The van der Waals surface area contributed by atoms with Gasteiger partial charge in [0.05, 0.1) is 17.1 Å². The summed E-state index contributed by atoms with van der Waals surface area (Å²) in [5, 5.41) is 8.75. The zero-order valence-electron chi connectivity index (χ0n) is 14.2. The number of fused-ring (bicyclic) bond motifs is 3. The van der Waals surface area contributed by atoms with Crippen molar-refractivity contribution in [3.8, 4) is 17.1 Å². The van der Waals surface area contributed by atoms with Gasteiger partial charge in [-0.3, -0.25) is 13.8 Å². The Morgan fingerprint density at radius 1 is 1.04 bits per heavy atom. The zero-order chi connectivity index (χ0) is 18.5. The van der Waals surface area contributed by atoms with Crippen molar-refractivity contribution >= 4 is 16.6 Å². The first-order valence-electron chi connectivity index (χ1n) is 8.27. The third kappa shape index (κ3) is 2.20. The average molecular weight is 360 g/mol. The van der Waals surface area contributed by atoms with E-state index in [2.05, 4.69) is 15.3 Å². The number of aryl methyl sites for hydroxylation is 1. The Morgan fingerprint density at radius 3 is 2.67 bits per heavy atom. The van der Waals surface area contributed by atoms with Crippen LogP contribution in [0.15, 0.2) is 65.8 Å². The van der Waals surface area contributed by atoms with E-state index in [1.165, 1.54) is 15.3 Å². The topological polar surface area (TPSA) is 70.0 Å². The molecule has 0 spiro atoms. The number of hydrogen-bond acceptors (Lipinski definition) is 4. The monoisotopic (exact) mass is 360 g/mol. The van der Waals surface area contributed by atoms with Gasteiger partial charge >= 0.3 is 0 Å². The molecule has 132 valence electrons. The van der Waals surface area contributed by atoms with Crippen LogP contribution in [0.4, 0.5) is 4.39 Å². The Labute approximate surface area is 151 Å². The van der Waals surface area contributed by atoms with Crippen molar-refractivity contribution in [1.29, 1.82) is 0 Å². The molecule has 5 rings (SSSR count). The third-order valence-corrected chi connectivity index (χ3v) is 4.59. The Kier molecular flexibility index (Phi) is 3.20. The van der Waals surface area contributed by atoms with Gasteiger partial charge in [0.1, 0.15) is 34.9 Å². The van der Waals surface area contributed by atoms with Gasteiger partial charge in [-0.05, 0) is 24.3 Å². The lowest BCUT2D eigenvalue weighted by molar-refractivity contribution is 0.607. The predicted octanol–water partition coefficient (Wildman–Crippen LogP) is 2.57. The summed E-state index contributed by atoms with van der Waals surface area (Å²) < 4.78 is 18.7. The zero-order valence-corrected chi connectivity index (χ0v) is 14.2. The summed E-state index contributed by atoms with van der Waals surface area (Å²) >= 11 is 0. The largest absolute Gasteiger partial charge is 0.295 e. The molecule has 27 heavy (non-hydrogen) atoms. The van der Waals surface area contributed by atoms with Crippen molar-refractivity contribution in [2.75, 3.05) is 0 Å². The van der Waals surface area contributed by atoms with Crippen LogP contribution < -0.4 is 5.56 Å². The minimum Gasteiger partial charge on any atom is -0.295 e. The van der Waals surface area contributed by atoms with Gasteiger partial charge in [-0.25, -0.2) is 14.1 Å². The molecule has 7 nitrogen and oxygen atoms in total. The normalized spacial score (nSPS) is 11.5. The van der Waals surface area contributed by atoms with Crippen LogP contribution in [0.3, 0.4) is 0 Å². The van der Waals surface area contributed by atoms with Gasteiger partial charge in [0.2, 0.25) is 0 Å². The van der Waals surface area contributed by atoms with Crippen molar-refractivity contribution in [3.63, 3.8) is 0 Å². The van der Waals surface area contributed by atoms with E-state index in [4.69, 9.17) is 0 Å². The van der Waals surface area contributed by atoms with E-state index in [1.807, 2.05) is 22.6 Å². The second kappa shape index (κ2) is 5.60. The van der Waals surface area contributed by atoms with Gasteiger partial charge in [-0.1, -0.05) is 29.5 Å².